The molecule has 0 radical (unpaired) electrons. The summed E-state index contributed by atoms with van der Waals surface area (Å²) in [6.45, 7) is 2.82. The van der Waals surface area contributed by atoms with Crippen LogP contribution in [0.5, 0.6) is 0 Å². The van der Waals surface area contributed by atoms with Gasteiger partial charge in [0.1, 0.15) is 5.76 Å². The number of urea groups is 1. The van der Waals surface area contributed by atoms with Crippen LogP contribution < -0.4 is 5.32 Å². The van der Waals surface area contributed by atoms with Gasteiger partial charge in [0, 0.05) is 17.0 Å². The number of nitrogens with one attached hydrogen (secondary N) is 1. The minimum Gasteiger partial charge on any atom is -0.467 e. The van der Waals surface area contributed by atoms with Gasteiger partial charge in [-0.1, -0.05) is 30.9 Å². The average molecular weight is 419 g/mol. The molecule has 1 aliphatic carbocycles. The summed E-state index contributed by atoms with van der Waals surface area (Å²) in [5.41, 5.74) is 3.66. The Morgan fingerprint density at radius 2 is 2.06 bits per heavy atom. The minimum atomic E-state index is -0.0849. The molecular formula is C23H26N6O2. The van der Waals surface area contributed by atoms with Gasteiger partial charge < -0.3 is 14.6 Å². The van der Waals surface area contributed by atoms with Gasteiger partial charge in [-0.2, -0.15) is 4.52 Å². The highest BCUT2D eigenvalue weighted by Crippen LogP contribution is 2.23. The van der Waals surface area contributed by atoms with E-state index in [0.29, 0.717) is 18.7 Å². The van der Waals surface area contributed by atoms with Crippen LogP contribution in [0.4, 0.5) is 4.79 Å². The van der Waals surface area contributed by atoms with Gasteiger partial charge in [-0.25, -0.2) is 4.79 Å². The second-order valence-electron chi connectivity index (χ2n) is 8.37. The number of benzene rings is 1. The SMILES string of the molecule is Cc1ccc2c(c1)cc(CN(Cc1ccco1)C(=O)NC1CCCCC1)c1nnnn12. The Balaban J connectivity index is 1.48. The summed E-state index contributed by atoms with van der Waals surface area (Å²) in [5, 5.41) is 16.6. The Bertz CT molecular complexity index is 1190. The summed E-state index contributed by atoms with van der Waals surface area (Å²) < 4.78 is 7.28. The number of rotatable bonds is 5. The Morgan fingerprint density at radius 1 is 1.19 bits per heavy atom. The van der Waals surface area contributed by atoms with Gasteiger partial charge in [-0.15, -0.1) is 5.10 Å². The van der Waals surface area contributed by atoms with Crippen molar-refractivity contribution in [2.75, 3.05) is 0 Å². The number of aryl methyl sites for hydroxylation is 1. The molecule has 1 aliphatic rings. The number of pyridine rings is 1. The zero-order valence-electron chi connectivity index (χ0n) is 17.6. The van der Waals surface area contributed by atoms with Crippen LogP contribution in [-0.2, 0) is 13.1 Å². The third kappa shape index (κ3) is 4.10. The first-order valence-electron chi connectivity index (χ1n) is 10.9. The number of amides is 2. The molecule has 1 saturated carbocycles. The van der Waals surface area contributed by atoms with E-state index in [2.05, 4.69) is 39.9 Å². The van der Waals surface area contributed by atoms with Crippen molar-refractivity contribution in [3.05, 3.63) is 59.5 Å². The normalized spacial score (nSPS) is 14.9. The van der Waals surface area contributed by atoms with Crippen molar-refractivity contribution in [3.8, 4) is 0 Å². The predicted molar refractivity (Wildman–Crippen MR) is 116 cm³/mol. The van der Waals surface area contributed by atoms with Crippen LogP contribution in [0.3, 0.4) is 0 Å². The van der Waals surface area contributed by atoms with Crippen LogP contribution in [0.2, 0.25) is 0 Å². The van der Waals surface area contributed by atoms with Crippen molar-refractivity contribution in [1.29, 1.82) is 0 Å². The number of carbonyl (C=O) groups excluding carboxylic acids is 1. The zero-order chi connectivity index (χ0) is 21.2. The highest BCUT2D eigenvalue weighted by Gasteiger charge is 2.23. The Hall–Kier alpha value is -3.42. The number of hydrogen-bond acceptors (Lipinski definition) is 5. The quantitative estimate of drug-likeness (QED) is 0.524. The lowest BCUT2D eigenvalue weighted by molar-refractivity contribution is 0.180. The fourth-order valence-corrected chi connectivity index (χ4v) is 4.41. The maximum atomic E-state index is 13.2. The lowest BCUT2D eigenvalue weighted by atomic mass is 9.96. The van der Waals surface area contributed by atoms with Crippen LogP contribution in [-0.4, -0.2) is 37.0 Å². The van der Waals surface area contributed by atoms with Gasteiger partial charge in [0.25, 0.3) is 0 Å². The monoisotopic (exact) mass is 418 g/mol. The summed E-state index contributed by atoms with van der Waals surface area (Å²) in [5.74, 6) is 0.742. The minimum absolute atomic E-state index is 0.0849. The summed E-state index contributed by atoms with van der Waals surface area (Å²) in [6.07, 6.45) is 7.28. The second-order valence-corrected chi connectivity index (χ2v) is 8.37. The van der Waals surface area contributed by atoms with Crippen LogP contribution in [0.15, 0.2) is 47.1 Å². The van der Waals surface area contributed by atoms with Gasteiger partial charge in [0.2, 0.25) is 0 Å². The molecule has 160 valence electrons. The van der Waals surface area contributed by atoms with Crippen molar-refractivity contribution in [2.45, 2.75) is 58.2 Å². The maximum Gasteiger partial charge on any atom is 0.318 e. The maximum absolute atomic E-state index is 13.2. The number of hydrogen-bond donors (Lipinski definition) is 1. The molecule has 0 atom stereocenters. The van der Waals surface area contributed by atoms with E-state index in [-0.39, 0.29) is 12.1 Å². The number of fused-ring (bicyclic) bond motifs is 3. The molecule has 8 heteroatoms. The van der Waals surface area contributed by atoms with E-state index >= 15 is 0 Å². The molecule has 0 aliphatic heterocycles. The zero-order valence-corrected chi connectivity index (χ0v) is 17.6. The first kappa shape index (κ1) is 19.5. The van der Waals surface area contributed by atoms with Crippen molar-refractivity contribution in [1.82, 2.24) is 30.3 Å². The van der Waals surface area contributed by atoms with Crippen molar-refractivity contribution in [2.24, 2.45) is 0 Å². The first-order valence-corrected chi connectivity index (χ1v) is 10.9. The highest BCUT2D eigenvalue weighted by molar-refractivity contribution is 5.84. The molecule has 1 aromatic carbocycles. The van der Waals surface area contributed by atoms with Gasteiger partial charge in [-0.05, 0) is 60.5 Å². The first-order chi connectivity index (χ1) is 15.2. The topological polar surface area (TPSA) is 88.6 Å². The fourth-order valence-electron chi connectivity index (χ4n) is 4.41. The third-order valence-electron chi connectivity index (χ3n) is 6.01. The Labute approximate surface area is 180 Å². The van der Waals surface area contributed by atoms with Crippen molar-refractivity contribution >= 4 is 22.6 Å². The smallest absolute Gasteiger partial charge is 0.318 e. The number of carbonyl (C=O) groups is 1. The summed E-state index contributed by atoms with van der Waals surface area (Å²) in [6, 6.07) is 12.1. The van der Waals surface area contributed by atoms with Crippen LogP contribution in [0.1, 0.15) is 49.0 Å². The molecule has 4 aromatic rings. The molecule has 0 unspecified atom stereocenters. The van der Waals surface area contributed by atoms with Crippen LogP contribution >= 0.6 is 0 Å². The number of furan rings is 1. The highest BCUT2D eigenvalue weighted by atomic mass is 16.3. The molecule has 0 saturated heterocycles. The third-order valence-corrected chi connectivity index (χ3v) is 6.01. The van der Waals surface area contributed by atoms with E-state index in [9.17, 15) is 4.79 Å². The summed E-state index contributed by atoms with van der Waals surface area (Å²) >= 11 is 0. The van der Waals surface area contributed by atoms with Gasteiger partial charge >= 0.3 is 6.03 Å². The van der Waals surface area contributed by atoms with Crippen molar-refractivity contribution in [3.63, 3.8) is 0 Å². The van der Waals surface area contributed by atoms with E-state index in [0.717, 1.165) is 40.6 Å². The van der Waals surface area contributed by atoms with Crippen molar-refractivity contribution < 1.29 is 9.21 Å². The van der Waals surface area contributed by atoms with Gasteiger partial charge in [-0.3, -0.25) is 0 Å². The van der Waals surface area contributed by atoms with E-state index in [1.54, 1.807) is 15.7 Å². The fraction of sp³-hybridized carbons (Fsp3) is 0.391. The van der Waals surface area contributed by atoms with E-state index in [1.807, 2.05) is 24.3 Å². The van der Waals surface area contributed by atoms with Crippen LogP contribution in [0, 0.1) is 6.92 Å². The molecule has 1 fully saturated rings. The summed E-state index contributed by atoms with van der Waals surface area (Å²) in [7, 11) is 0. The second kappa shape index (κ2) is 8.37. The molecule has 3 heterocycles. The molecule has 1 N–H and O–H groups in total. The van der Waals surface area contributed by atoms with Crippen LogP contribution in [0.25, 0.3) is 16.6 Å². The predicted octanol–water partition coefficient (Wildman–Crippen LogP) is 4.22. The molecular weight excluding hydrogens is 392 g/mol. The lowest BCUT2D eigenvalue weighted by Gasteiger charge is -2.28. The molecule has 31 heavy (non-hydrogen) atoms. The average Bonchev–Trinajstić information content (AvgIpc) is 3.46. The largest absolute Gasteiger partial charge is 0.467 e. The number of nitrogens with zero attached hydrogens (tertiary/aromatic N) is 5. The molecule has 3 aromatic heterocycles. The molecule has 0 spiro atoms. The standard InChI is InChI=1S/C23H26N6O2/c1-16-9-10-21-17(12-16)13-18(22-25-26-27-29(21)22)14-28(15-20-8-5-11-31-20)23(30)24-19-6-3-2-4-7-19/h5,8-13,19H,2-4,6-7,14-15H2,1H3,(H,24,30). The Kier molecular flexibility index (Phi) is 5.28. The van der Waals surface area contributed by atoms with E-state index in [1.165, 1.54) is 19.3 Å². The number of tetrazole rings is 1. The van der Waals surface area contributed by atoms with Gasteiger partial charge in [0.05, 0.1) is 24.9 Å². The lowest BCUT2D eigenvalue weighted by Crippen LogP contribution is -2.44. The van der Waals surface area contributed by atoms with E-state index < -0.39 is 0 Å². The van der Waals surface area contributed by atoms with E-state index in [4.69, 9.17) is 4.42 Å². The Morgan fingerprint density at radius 3 is 2.87 bits per heavy atom. The molecule has 8 nitrogen and oxygen atoms in total. The number of aromatic nitrogens is 4. The van der Waals surface area contributed by atoms with Gasteiger partial charge in [0.15, 0.2) is 5.65 Å². The summed E-state index contributed by atoms with van der Waals surface area (Å²) in [4.78, 5) is 15.0. The molecule has 5 rings (SSSR count). The molecule has 0 bridgehead atoms. The molecule has 2 amide bonds.